The van der Waals surface area contributed by atoms with E-state index in [9.17, 15) is 13.2 Å². The molecule has 2 heterocycles. The van der Waals surface area contributed by atoms with E-state index in [0.29, 0.717) is 28.4 Å². The summed E-state index contributed by atoms with van der Waals surface area (Å²) in [4.78, 5) is 19.8. The first-order valence-corrected chi connectivity index (χ1v) is 12.4. The summed E-state index contributed by atoms with van der Waals surface area (Å²) in [6.07, 6.45) is 3.39. The first-order chi connectivity index (χ1) is 16.3. The summed E-state index contributed by atoms with van der Waals surface area (Å²) in [5, 5.41) is 0. The van der Waals surface area contributed by atoms with Gasteiger partial charge in [-0.1, -0.05) is 12.1 Å². The molecule has 0 N–H and O–H groups in total. The van der Waals surface area contributed by atoms with E-state index in [1.807, 2.05) is 25.1 Å². The van der Waals surface area contributed by atoms with Gasteiger partial charge in [0.25, 0.3) is 0 Å². The van der Waals surface area contributed by atoms with Crippen molar-refractivity contribution < 1.29 is 22.7 Å². The Bertz CT molecular complexity index is 1380. The number of pyridine rings is 1. The summed E-state index contributed by atoms with van der Waals surface area (Å²) in [7, 11) is -0.585. The van der Waals surface area contributed by atoms with Crippen molar-refractivity contribution in [2.45, 2.75) is 24.7 Å². The number of ether oxygens (including phenoxy) is 2. The van der Waals surface area contributed by atoms with E-state index in [1.54, 1.807) is 41.4 Å². The van der Waals surface area contributed by atoms with E-state index in [0.717, 1.165) is 24.1 Å². The lowest BCUT2D eigenvalue weighted by molar-refractivity contribution is -0.119. The van der Waals surface area contributed by atoms with Crippen molar-refractivity contribution in [3.05, 3.63) is 60.4 Å². The molecule has 1 aliphatic carbocycles. The molecule has 1 aliphatic heterocycles. The van der Waals surface area contributed by atoms with Crippen molar-refractivity contribution in [2.24, 2.45) is 5.92 Å². The van der Waals surface area contributed by atoms with Crippen LogP contribution in [0.3, 0.4) is 0 Å². The van der Waals surface area contributed by atoms with E-state index >= 15 is 0 Å². The van der Waals surface area contributed by atoms with E-state index in [-0.39, 0.29) is 23.5 Å². The molecule has 9 heteroatoms. The van der Waals surface area contributed by atoms with E-state index < -0.39 is 10.0 Å². The Morgan fingerprint density at radius 2 is 1.76 bits per heavy atom. The smallest absolute Gasteiger partial charge is 0.242 e. The Morgan fingerprint density at radius 1 is 1.00 bits per heavy atom. The van der Waals surface area contributed by atoms with Gasteiger partial charge < -0.3 is 9.47 Å². The average molecular weight is 480 g/mol. The van der Waals surface area contributed by atoms with E-state index in [1.165, 1.54) is 18.4 Å². The van der Waals surface area contributed by atoms with Crippen molar-refractivity contribution in [3.63, 3.8) is 0 Å². The van der Waals surface area contributed by atoms with Gasteiger partial charge in [0.2, 0.25) is 22.7 Å². The van der Waals surface area contributed by atoms with Gasteiger partial charge in [0.05, 0.1) is 22.5 Å². The van der Waals surface area contributed by atoms with Crippen LogP contribution in [0.25, 0.3) is 11.1 Å². The molecule has 8 nitrogen and oxygen atoms in total. The first-order valence-electron chi connectivity index (χ1n) is 11.0. The number of aromatic nitrogens is 1. The average Bonchev–Trinajstić information content (AvgIpc) is 3.57. The second-order valence-corrected chi connectivity index (χ2v) is 10.8. The predicted octanol–water partition coefficient (Wildman–Crippen LogP) is 4.11. The van der Waals surface area contributed by atoms with Gasteiger partial charge in [-0.15, -0.1) is 0 Å². The molecule has 0 unspecified atom stereocenters. The van der Waals surface area contributed by atoms with E-state index in [4.69, 9.17) is 9.47 Å². The zero-order valence-electron chi connectivity index (χ0n) is 19.2. The molecule has 1 fully saturated rings. The standard InChI is InChI=1S/C25H25N3O5S/c1-16-22(18-5-4-6-21(11-18)34(30,31)27(2)3)12-20(14-26-16)28(25(29)17-7-8-17)19-9-10-23-24(13-19)33-15-32-23/h4-6,9-14,17H,7-8,15H2,1-3H3. The van der Waals surface area contributed by atoms with Gasteiger partial charge in [-0.2, -0.15) is 0 Å². The maximum atomic E-state index is 13.3. The van der Waals surface area contributed by atoms with Gasteiger partial charge in [0, 0.05) is 37.3 Å². The summed E-state index contributed by atoms with van der Waals surface area (Å²) in [5.74, 6) is 1.21. The molecule has 0 atom stereocenters. The molecule has 1 amide bonds. The van der Waals surface area contributed by atoms with Crippen LogP contribution in [0.1, 0.15) is 18.5 Å². The van der Waals surface area contributed by atoms with Crippen LogP contribution in [0.4, 0.5) is 11.4 Å². The number of rotatable bonds is 6. The normalized spacial score (nSPS) is 14.9. The fourth-order valence-electron chi connectivity index (χ4n) is 3.91. The number of carbonyl (C=O) groups is 1. The van der Waals surface area contributed by atoms with E-state index in [2.05, 4.69) is 4.98 Å². The van der Waals surface area contributed by atoms with Crippen molar-refractivity contribution in [3.8, 4) is 22.6 Å². The molecule has 1 aromatic heterocycles. The van der Waals surface area contributed by atoms with Crippen molar-refractivity contribution >= 4 is 27.3 Å². The van der Waals surface area contributed by atoms with Crippen LogP contribution in [0, 0.1) is 12.8 Å². The zero-order valence-corrected chi connectivity index (χ0v) is 20.0. The van der Waals surface area contributed by atoms with Gasteiger partial charge in [0.15, 0.2) is 11.5 Å². The van der Waals surface area contributed by atoms with Crippen molar-refractivity contribution in [1.29, 1.82) is 0 Å². The molecular formula is C25H25N3O5S. The number of amides is 1. The van der Waals surface area contributed by atoms with Crippen LogP contribution < -0.4 is 14.4 Å². The van der Waals surface area contributed by atoms with Crippen LogP contribution in [-0.4, -0.2) is 44.5 Å². The summed E-state index contributed by atoms with van der Waals surface area (Å²) < 4.78 is 37.4. The molecule has 0 spiro atoms. The third-order valence-electron chi connectivity index (χ3n) is 6.02. The highest BCUT2D eigenvalue weighted by atomic mass is 32.2. The number of anilines is 2. The molecule has 0 radical (unpaired) electrons. The molecule has 3 aromatic rings. The quantitative estimate of drug-likeness (QED) is 0.529. The van der Waals surface area contributed by atoms with Crippen LogP contribution in [0.2, 0.25) is 0 Å². The third kappa shape index (κ3) is 4.01. The van der Waals surface area contributed by atoms with Crippen LogP contribution in [0.5, 0.6) is 11.5 Å². The minimum atomic E-state index is -3.59. The second kappa shape index (κ2) is 8.41. The number of aryl methyl sites for hydroxylation is 1. The molecule has 176 valence electrons. The van der Waals surface area contributed by atoms with Gasteiger partial charge in [0.1, 0.15) is 0 Å². The SMILES string of the molecule is Cc1ncc(N(C(=O)C2CC2)c2ccc3c(c2)OCO3)cc1-c1cccc(S(=O)(=O)N(C)C)c1. The Kier molecular flexibility index (Phi) is 5.53. The minimum Gasteiger partial charge on any atom is -0.454 e. The summed E-state index contributed by atoms with van der Waals surface area (Å²) in [6.45, 7) is 2.01. The predicted molar refractivity (Wildman–Crippen MR) is 128 cm³/mol. The highest BCUT2D eigenvalue weighted by molar-refractivity contribution is 7.89. The van der Waals surface area contributed by atoms with Crippen LogP contribution >= 0.6 is 0 Å². The summed E-state index contributed by atoms with van der Waals surface area (Å²) in [6, 6.07) is 14.1. The molecular weight excluding hydrogens is 454 g/mol. The molecule has 1 saturated carbocycles. The minimum absolute atomic E-state index is 0.000551. The molecule has 0 saturated heterocycles. The molecule has 2 aliphatic rings. The third-order valence-corrected chi connectivity index (χ3v) is 7.83. The zero-order chi connectivity index (χ0) is 24.0. The molecule has 34 heavy (non-hydrogen) atoms. The largest absolute Gasteiger partial charge is 0.454 e. The number of carbonyl (C=O) groups excluding carboxylic acids is 1. The van der Waals surface area contributed by atoms with Gasteiger partial charge in [-0.05, 0) is 55.7 Å². The highest BCUT2D eigenvalue weighted by Crippen LogP contribution is 2.41. The Hall–Kier alpha value is -3.43. The number of sulfonamides is 1. The van der Waals surface area contributed by atoms with Gasteiger partial charge >= 0.3 is 0 Å². The van der Waals surface area contributed by atoms with Crippen LogP contribution in [0.15, 0.2) is 59.6 Å². The van der Waals surface area contributed by atoms with Crippen molar-refractivity contribution in [1.82, 2.24) is 9.29 Å². The summed E-state index contributed by atoms with van der Waals surface area (Å²) in [5.41, 5.74) is 3.47. The van der Waals surface area contributed by atoms with Gasteiger partial charge in [-0.3, -0.25) is 14.7 Å². The van der Waals surface area contributed by atoms with Crippen LogP contribution in [-0.2, 0) is 14.8 Å². The second-order valence-electron chi connectivity index (χ2n) is 8.63. The fourth-order valence-corrected chi connectivity index (χ4v) is 4.86. The topological polar surface area (TPSA) is 89.0 Å². The maximum absolute atomic E-state index is 13.3. The number of hydrogen-bond donors (Lipinski definition) is 0. The van der Waals surface area contributed by atoms with Crippen molar-refractivity contribution in [2.75, 3.05) is 25.8 Å². The Labute approximate surface area is 198 Å². The Balaban J connectivity index is 1.60. The van der Waals surface area contributed by atoms with Gasteiger partial charge in [-0.25, -0.2) is 12.7 Å². The lowest BCUT2D eigenvalue weighted by Gasteiger charge is -2.24. The number of benzene rings is 2. The lowest BCUT2D eigenvalue weighted by Crippen LogP contribution is -2.27. The summed E-state index contributed by atoms with van der Waals surface area (Å²) >= 11 is 0. The number of fused-ring (bicyclic) bond motifs is 1. The fraction of sp³-hybridized carbons (Fsp3) is 0.280. The first kappa shape index (κ1) is 22.4. The maximum Gasteiger partial charge on any atom is 0.242 e. The highest BCUT2D eigenvalue weighted by Gasteiger charge is 2.35. The number of nitrogens with zero attached hydrogens (tertiary/aromatic N) is 3. The monoisotopic (exact) mass is 479 g/mol. The Morgan fingerprint density at radius 3 is 2.50 bits per heavy atom. The molecule has 0 bridgehead atoms. The molecule has 5 rings (SSSR count). The lowest BCUT2D eigenvalue weighted by atomic mass is 10.0. The molecule has 2 aromatic carbocycles. The number of hydrogen-bond acceptors (Lipinski definition) is 6.